The van der Waals surface area contributed by atoms with Crippen LogP contribution in [0.4, 0.5) is 0 Å². The summed E-state index contributed by atoms with van der Waals surface area (Å²) >= 11 is 0. The fourth-order valence-corrected chi connectivity index (χ4v) is 4.77. The van der Waals surface area contributed by atoms with Crippen LogP contribution >= 0.6 is 0 Å². The second-order valence-electron chi connectivity index (χ2n) is 10.9. The minimum absolute atomic E-state index is 0.313. The van der Waals surface area contributed by atoms with Crippen molar-refractivity contribution < 1.29 is 59.8 Å². The Bertz CT molecular complexity index is 1090. The molecule has 0 bridgehead atoms. The SMILES string of the molecule is Cc1ccc(-c2ccc(C)c(OC3OC(CO)C(O)C(O)C3(C)O)c2)cc1OC1OC(CO)C(O)C(O)C1(C)O. The number of rotatable bonds is 7. The summed E-state index contributed by atoms with van der Waals surface area (Å²) in [6, 6.07) is 10.6. The van der Waals surface area contributed by atoms with Crippen LogP contribution in [0.15, 0.2) is 36.4 Å². The smallest absolute Gasteiger partial charge is 0.231 e. The van der Waals surface area contributed by atoms with Gasteiger partial charge in [-0.25, -0.2) is 0 Å². The first-order valence-electron chi connectivity index (χ1n) is 13.0. The molecule has 0 amide bonds. The Kier molecular flexibility index (Phi) is 8.79. The van der Waals surface area contributed by atoms with Crippen LogP contribution in [0.3, 0.4) is 0 Å². The molecular weight excluding hydrogens is 528 g/mol. The van der Waals surface area contributed by atoms with Gasteiger partial charge in [-0.1, -0.05) is 24.3 Å². The highest BCUT2D eigenvalue weighted by atomic mass is 16.7. The Morgan fingerprint density at radius 3 is 1.35 bits per heavy atom. The van der Waals surface area contributed by atoms with Crippen LogP contribution in [0, 0.1) is 13.8 Å². The van der Waals surface area contributed by atoms with Crippen molar-refractivity contribution in [2.24, 2.45) is 0 Å². The van der Waals surface area contributed by atoms with E-state index in [9.17, 15) is 40.9 Å². The van der Waals surface area contributed by atoms with E-state index in [1.807, 2.05) is 12.1 Å². The van der Waals surface area contributed by atoms with Gasteiger partial charge in [0.2, 0.25) is 12.6 Å². The lowest BCUT2D eigenvalue weighted by atomic mass is 9.88. The van der Waals surface area contributed by atoms with Gasteiger partial charge in [-0.15, -0.1) is 0 Å². The van der Waals surface area contributed by atoms with Crippen LogP contribution in [0.2, 0.25) is 0 Å². The Balaban J connectivity index is 1.61. The molecule has 2 aromatic carbocycles. The summed E-state index contributed by atoms with van der Waals surface area (Å²) in [5.74, 6) is 0.625. The normalized spacial score (nSPS) is 38.2. The molecular formula is C28H38O12. The molecule has 0 radical (unpaired) electrons. The molecule has 2 saturated heterocycles. The monoisotopic (exact) mass is 566 g/mol. The third kappa shape index (κ3) is 5.57. The minimum Gasteiger partial charge on any atom is -0.461 e. The lowest BCUT2D eigenvalue weighted by Gasteiger charge is -2.46. The summed E-state index contributed by atoms with van der Waals surface area (Å²) in [6.45, 7) is 4.89. The number of hydrogen-bond donors (Lipinski definition) is 8. The molecule has 2 fully saturated rings. The largest absolute Gasteiger partial charge is 0.461 e. The highest BCUT2D eigenvalue weighted by Crippen LogP contribution is 2.37. The summed E-state index contributed by atoms with van der Waals surface area (Å²) in [5.41, 5.74) is -1.27. The Labute approximate surface area is 231 Å². The fraction of sp³-hybridized carbons (Fsp3) is 0.571. The molecule has 0 saturated carbocycles. The van der Waals surface area contributed by atoms with E-state index in [1.54, 1.807) is 38.1 Å². The molecule has 0 aliphatic carbocycles. The van der Waals surface area contributed by atoms with E-state index in [1.165, 1.54) is 13.8 Å². The zero-order chi connectivity index (χ0) is 29.6. The van der Waals surface area contributed by atoms with Crippen LogP contribution < -0.4 is 9.47 Å². The minimum atomic E-state index is -1.99. The second-order valence-corrected chi connectivity index (χ2v) is 10.9. The molecule has 8 N–H and O–H groups in total. The van der Waals surface area contributed by atoms with E-state index in [0.29, 0.717) is 33.8 Å². The highest BCUT2D eigenvalue weighted by molar-refractivity contribution is 5.68. The average molecular weight is 567 g/mol. The first kappa shape index (κ1) is 30.6. The zero-order valence-electron chi connectivity index (χ0n) is 22.7. The van der Waals surface area contributed by atoms with Crippen molar-refractivity contribution in [2.75, 3.05) is 13.2 Å². The van der Waals surface area contributed by atoms with Crippen molar-refractivity contribution in [2.45, 2.75) is 88.1 Å². The van der Waals surface area contributed by atoms with E-state index in [2.05, 4.69) is 0 Å². The molecule has 2 heterocycles. The van der Waals surface area contributed by atoms with Crippen LogP contribution in [0.5, 0.6) is 11.5 Å². The van der Waals surface area contributed by atoms with Gasteiger partial charge in [-0.05, 0) is 62.1 Å². The van der Waals surface area contributed by atoms with E-state index >= 15 is 0 Å². The molecule has 10 unspecified atom stereocenters. The predicted octanol–water partition coefficient (Wildman–Crippen LogP) is -0.892. The van der Waals surface area contributed by atoms with Gasteiger partial charge in [-0.3, -0.25) is 0 Å². The summed E-state index contributed by atoms with van der Waals surface area (Å²) in [6.07, 6.45) is -11.4. The maximum atomic E-state index is 10.8. The number of aliphatic hydroxyl groups excluding tert-OH is 6. The molecule has 2 aliphatic rings. The van der Waals surface area contributed by atoms with Gasteiger partial charge in [0.1, 0.15) is 48.1 Å². The Hall–Kier alpha value is -2.36. The van der Waals surface area contributed by atoms with Gasteiger partial charge >= 0.3 is 0 Å². The Morgan fingerprint density at radius 1 is 0.675 bits per heavy atom. The van der Waals surface area contributed by atoms with Gasteiger partial charge in [0.05, 0.1) is 13.2 Å². The van der Waals surface area contributed by atoms with Crippen LogP contribution in [-0.4, -0.2) is 114 Å². The highest BCUT2D eigenvalue weighted by Gasteiger charge is 2.54. The molecule has 2 aromatic rings. The molecule has 0 spiro atoms. The van der Waals surface area contributed by atoms with Crippen molar-refractivity contribution in [1.82, 2.24) is 0 Å². The molecule has 12 nitrogen and oxygen atoms in total. The maximum Gasteiger partial charge on any atom is 0.231 e. The topological polar surface area (TPSA) is 199 Å². The van der Waals surface area contributed by atoms with Gasteiger partial charge < -0.3 is 59.8 Å². The second kappa shape index (κ2) is 11.5. The predicted molar refractivity (Wildman–Crippen MR) is 139 cm³/mol. The molecule has 12 heteroatoms. The van der Waals surface area contributed by atoms with Crippen molar-refractivity contribution in [3.8, 4) is 22.6 Å². The standard InChI is InChI=1S/C28H38O12/c1-13-5-7-15(9-17(13)37-25-27(3,35)23(33)21(31)19(11-29)39-25)16-8-6-14(2)18(10-16)38-26-28(4,36)24(34)22(32)20(12-30)40-26/h5-10,19-26,29-36H,11-12H2,1-4H3. The summed E-state index contributed by atoms with van der Waals surface area (Å²) < 4.78 is 23.0. The third-order valence-corrected chi connectivity index (χ3v) is 7.70. The third-order valence-electron chi connectivity index (χ3n) is 7.70. The average Bonchev–Trinajstić information content (AvgIpc) is 2.92. The number of ether oxygens (including phenoxy) is 4. The molecule has 4 rings (SSSR count). The van der Waals surface area contributed by atoms with E-state index in [0.717, 1.165) is 0 Å². The van der Waals surface area contributed by atoms with Crippen LogP contribution in [-0.2, 0) is 9.47 Å². The van der Waals surface area contributed by atoms with Crippen LogP contribution in [0.1, 0.15) is 25.0 Å². The van der Waals surface area contributed by atoms with Gasteiger partial charge in [0.25, 0.3) is 0 Å². The molecule has 40 heavy (non-hydrogen) atoms. The molecule has 10 atom stereocenters. The first-order valence-corrected chi connectivity index (χ1v) is 13.0. The lowest BCUT2D eigenvalue weighted by Crippen LogP contribution is -2.66. The van der Waals surface area contributed by atoms with Crippen molar-refractivity contribution in [3.63, 3.8) is 0 Å². The molecule has 2 aliphatic heterocycles. The quantitative estimate of drug-likeness (QED) is 0.206. The van der Waals surface area contributed by atoms with Gasteiger partial charge in [0.15, 0.2) is 11.2 Å². The maximum absolute atomic E-state index is 10.8. The van der Waals surface area contributed by atoms with Crippen LogP contribution in [0.25, 0.3) is 11.1 Å². The zero-order valence-corrected chi connectivity index (χ0v) is 22.7. The van der Waals surface area contributed by atoms with Crippen molar-refractivity contribution >= 4 is 0 Å². The summed E-state index contributed by atoms with van der Waals surface area (Å²) in [7, 11) is 0. The summed E-state index contributed by atoms with van der Waals surface area (Å²) in [5, 5.41) is 81.7. The lowest BCUT2D eigenvalue weighted by molar-refractivity contribution is -0.315. The van der Waals surface area contributed by atoms with E-state index in [-0.39, 0.29) is 0 Å². The summed E-state index contributed by atoms with van der Waals surface area (Å²) in [4.78, 5) is 0. The fourth-order valence-electron chi connectivity index (χ4n) is 4.77. The molecule has 0 aromatic heterocycles. The number of aryl methyl sites for hydroxylation is 2. The first-order chi connectivity index (χ1) is 18.7. The molecule has 222 valence electrons. The van der Waals surface area contributed by atoms with Gasteiger partial charge in [0, 0.05) is 0 Å². The number of aliphatic hydroxyl groups is 8. The Morgan fingerprint density at radius 2 is 1.02 bits per heavy atom. The van der Waals surface area contributed by atoms with Gasteiger partial charge in [-0.2, -0.15) is 0 Å². The van der Waals surface area contributed by atoms with Crippen molar-refractivity contribution in [1.29, 1.82) is 0 Å². The van der Waals surface area contributed by atoms with E-state index in [4.69, 9.17) is 18.9 Å². The van der Waals surface area contributed by atoms with E-state index < -0.39 is 73.6 Å². The van der Waals surface area contributed by atoms with Crippen molar-refractivity contribution in [3.05, 3.63) is 47.5 Å². The number of benzene rings is 2. The number of hydrogen-bond acceptors (Lipinski definition) is 12.